The summed E-state index contributed by atoms with van der Waals surface area (Å²) < 4.78 is 20.1. The first-order valence-electron chi connectivity index (χ1n) is 12.8. The van der Waals surface area contributed by atoms with Gasteiger partial charge >= 0.3 is 0 Å². The average molecular weight is 508 g/mol. The molecule has 8 nitrogen and oxygen atoms in total. The molecule has 1 saturated carbocycles. The molecular formula is C28H34FN5O3. The predicted octanol–water partition coefficient (Wildman–Crippen LogP) is 4.10. The van der Waals surface area contributed by atoms with Gasteiger partial charge in [0.25, 0.3) is 0 Å². The van der Waals surface area contributed by atoms with Crippen LogP contribution in [0.5, 0.6) is 5.75 Å². The molecule has 5 atom stereocenters. The molecule has 0 spiro atoms. The standard InChI is InChI=1S/C28H34FN5O3/c1-5-28(4)12-22(35)34(26(30)33-28)23(16-10-17(29)14-31-13-16)19-11-20(19)25(36)32-24-18-8-6-7-9-21(18)37-15-27(24,2)3/h6-10,13-14,19-20,23-24H,5,11-12,15H2,1-4H3,(H2,30,33)(H,32,36)/t19-,20-,23?,24?,28-/m1/s1. The molecule has 1 saturated heterocycles. The van der Waals surface area contributed by atoms with E-state index in [1.807, 2.05) is 38.1 Å². The van der Waals surface area contributed by atoms with E-state index in [1.165, 1.54) is 17.2 Å². The zero-order valence-corrected chi connectivity index (χ0v) is 21.7. The molecule has 3 aliphatic rings. The van der Waals surface area contributed by atoms with E-state index in [4.69, 9.17) is 10.1 Å². The lowest BCUT2D eigenvalue weighted by molar-refractivity contribution is -0.133. The molecular weight excluding hydrogens is 473 g/mol. The molecule has 2 unspecified atom stereocenters. The number of para-hydroxylation sites is 1. The van der Waals surface area contributed by atoms with Crippen molar-refractivity contribution < 1.29 is 18.7 Å². The Bertz CT molecular complexity index is 1230. The summed E-state index contributed by atoms with van der Waals surface area (Å²) >= 11 is 0. The number of hydrogen-bond donors (Lipinski definition) is 3. The van der Waals surface area contributed by atoms with Crippen LogP contribution in [-0.2, 0) is 9.59 Å². The van der Waals surface area contributed by atoms with Gasteiger partial charge in [0.15, 0.2) is 5.96 Å². The molecule has 37 heavy (non-hydrogen) atoms. The Morgan fingerprint density at radius 2 is 2.08 bits per heavy atom. The molecule has 2 aliphatic heterocycles. The highest BCUT2D eigenvalue weighted by molar-refractivity contribution is 5.99. The van der Waals surface area contributed by atoms with Crippen LogP contribution in [0.1, 0.15) is 70.2 Å². The third-order valence-electron chi connectivity index (χ3n) is 8.08. The maximum Gasteiger partial charge on any atom is 0.232 e. The number of nitrogens with zero attached hydrogens (tertiary/aromatic N) is 2. The Balaban J connectivity index is 1.41. The predicted molar refractivity (Wildman–Crippen MR) is 136 cm³/mol. The van der Waals surface area contributed by atoms with Crippen LogP contribution in [0.25, 0.3) is 0 Å². The van der Waals surface area contributed by atoms with Gasteiger partial charge in [0.2, 0.25) is 11.8 Å². The summed E-state index contributed by atoms with van der Waals surface area (Å²) in [6.45, 7) is 8.47. The van der Waals surface area contributed by atoms with Crippen molar-refractivity contribution in [3.8, 4) is 5.75 Å². The summed E-state index contributed by atoms with van der Waals surface area (Å²) in [5, 5.41) is 15.1. The number of carbonyl (C=O) groups excluding carboxylic acids is 2. The van der Waals surface area contributed by atoms with Gasteiger partial charge in [-0.15, -0.1) is 0 Å². The van der Waals surface area contributed by atoms with E-state index in [0.717, 1.165) is 17.5 Å². The van der Waals surface area contributed by atoms with E-state index in [-0.39, 0.29) is 47.5 Å². The van der Waals surface area contributed by atoms with Crippen molar-refractivity contribution in [1.29, 1.82) is 5.41 Å². The number of amides is 2. The van der Waals surface area contributed by atoms with Gasteiger partial charge in [-0.3, -0.25) is 24.9 Å². The topological polar surface area (TPSA) is 107 Å². The lowest BCUT2D eigenvalue weighted by Gasteiger charge is -2.43. The summed E-state index contributed by atoms with van der Waals surface area (Å²) in [5.74, 6) is -0.754. The van der Waals surface area contributed by atoms with Crippen LogP contribution >= 0.6 is 0 Å². The summed E-state index contributed by atoms with van der Waals surface area (Å²) in [4.78, 5) is 32.3. The molecule has 2 fully saturated rings. The Kier molecular flexibility index (Phi) is 6.20. The Morgan fingerprint density at radius 3 is 2.78 bits per heavy atom. The number of benzene rings is 1. The number of halogens is 1. The molecule has 0 radical (unpaired) electrons. The highest BCUT2D eigenvalue weighted by Gasteiger charge is 2.54. The number of carbonyl (C=O) groups is 2. The van der Waals surface area contributed by atoms with Gasteiger partial charge in [-0.05, 0) is 43.4 Å². The molecule has 1 aromatic carbocycles. The molecule has 2 amide bonds. The van der Waals surface area contributed by atoms with Crippen LogP contribution in [0.15, 0.2) is 42.7 Å². The van der Waals surface area contributed by atoms with Crippen molar-refractivity contribution in [3.63, 3.8) is 0 Å². The van der Waals surface area contributed by atoms with Gasteiger partial charge in [0, 0.05) is 28.6 Å². The third-order valence-corrected chi connectivity index (χ3v) is 8.08. The normalized spacial score (nSPS) is 29.0. The van der Waals surface area contributed by atoms with Crippen molar-refractivity contribution in [2.45, 2.75) is 64.6 Å². The second-order valence-corrected chi connectivity index (χ2v) is 11.5. The van der Waals surface area contributed by atoms with Gasteiger partial charge in [-0.2, -0.15) is 0 Å². The molecule has 3 heterocycles. The fourth-order valence-corrected chi connectivity index (χ4v) is 5.63. The Hall–Kier alpha value is -3.49. The first-order valence-corrected chi connectivity index (χ1v) is 12.8. The number of pyridine rings is 1. The molecule has 1 aromatic heterocycles. The van der Waals surface area contributed by atoms with E-state index < -0.39 is 17.4 Å². The fourth-order valence-electron chi connectivity index (χ4n) is 5.63. The molecule has 0 bridgehead atoms. The Morgan fingerprint density at radius 1 is 1.32 bits per heavy atom. The maximum absolute atomic E-state index is 14.2. The van der Waals surface area contributed by atoms with Crippen molar-refractivity contribution in [2.75, 3.05) is 6.61 Å². The van der Waals surface area contributed by atoms with Gasteiger partial charge in [0.05, 0.1) is 31.3 Å². The number of aromatic nitrogens is 1. The van der Waals surface area contributed by atoms with Crippen LogP contribution in [0, 0.1) is 28.5 Å². The zero-order chi connectivity index (χ0) is 26.5. The molecule has 2 aromatic rings. The first kappa shape index (κ1) is 25.2. The first-order chi connectivity index (χ1) is 17.5. The van der Waals surface area contributed by atoms with Gasteiger partial charge < -0.3 is 15.4 Å². The highest BCUT2D eigenvalue weighted by Crippen LogP contribution is 2.52. The molecule has 5 rings (SSSR count). The summed E-state index contributed by atoms with van der Waals surface area (Å²) in [7, 11) is 0. The molecule has 3 N–H and O–H groups in total. The molecule has 9 heteroatoms. The van der Waals surface area contributed by atoms with Crippen LogP contribution in [0.4, 0.5) is 4.39 Å². The van der Waals surface area contributed by atoms with Crippen molar-refractivity contribution in [1.82, 2.24) is 20.5 Å². The molecule has 196 valence electrons. The monoisotopic (exact) mass is 507 g/mol. The second-order valence-electron chi connectivity index (χ2n) is 11.5. The van der Waals surface area contributed by atoms with Crippen molar-refractivity contribution in [2.24, 2.45) is 17.3 Å². The number of rotatable bonds is 6. The summed E-state index contributed by atoms with van der Waals surface area (Å²) in [6.07, 6.45) is 4.05. The van der Waals surface area contributed by atoms with E-state index in [9.17, 15) is 14.0 Å². The van der Waals surface area contributed by atoms with E-state index in [0.29, 0.717) is 25.0 Å². The second kappa shape index (κ2) is 9.11. The summed E-state index contributed by atoms with van der Waals surface area (Å²) in [6, 6.07) is 8.16. The van der Waals surface area contributed by atoms with Crippen LogP contribution in [-0.4, -0.2) is 39.8 Å². The lowest BCUT2D eigenvalue weighted by atomic mass is 9.79. The Labute approximate surface area is 216 Å². The third kappa shape index (κ3) is 4.67. The number of guanidine groups is 1. The SMILES string of the molecule is CC[C@]1(C)CC(=O)N(C(c2cncc(F)c2)[C@@H]2C[C@H]2C(=O)NC2c3ccccc3OCC2(C)C)C(=N)N1. The number of nitrogens with one attached hydrogen (secondary N) is 3. The molecule has 1 aliphatic carbocycles. The number of fused-ring (bicyclic) bond motifs is 1. The summed E-state index contributed by atoms with van der Waals surface area (Å²) in [5.41, 5.74) is 0.584. The van der Waals surface area contributed by atoms with Gasteiger partial charge in [0.1, 0.15) is 11.6 Å². The number of hydrogen-bond acceptors (Lipinski definition) is 5. The van der Waals surface area contributed by atoms with Gasteiger partial charge in [-0.25, -0.2) is 4.39 Å². The van der Waals surface area contributed by atoms with Crippen molar-refractivity contribution >= 4 is 17.8 Å². The zero-order valence-electron chi connectivity index (χ0n) is 21.7. The van der Waals surface area contributed by atoms with E-state index >= 15 is 0 Å². The minimum atomic E-state index is -0.664. The minimum Gasteiger partial charge on any atom is -0.493 e. The maximum atomic E-state index is 14.2. The van der Waals surface area contributed by atoms with Gasteiger partial charge in [-0.1, -0.05) is 39.0 Å². The largest absolute Gasteiger partial charge is 0.493 e. The van der Waals surface area contributed by atoms with Crippen LogP contribution in [0.2, 0.25) is 0 Å². The lowest BCUT2D eigenvalue weighted by Crippen LogP contribution is -2.61. The smallest absolute Gasteiger partial charge is 0.232 e. The van der Waals surface area contributed by atoms with Crippen LogP contribution in [0.3, 0.4) is 0 Å². The van der Waals surface area contributed by atoms with Crippen molar-refractivity contribution in [3.05, 3.63) is 59.7 Å². The number of ether oxygens (including phenoxy) is 1. The highest BCUT2D eigenvalue weighted by atomic mass is 19.1. The van der Waals surface area contributed by atoms with E-state index in [2.05, 4.69) is 29.5 Å². The van der Waals surface area contributed by atoms with Crippen LogP contribution < -0.4 is 15.4 Å². The van der Waals surface area contributed by atoms with E-state index in [1.54, 1.807) is 0 Å². The minimum absolute atomic E-state index is 0.0274. The quantitative estimate of drug-likeness (QED) is 0.546. The average Bonchev–Trinajstić information content (AvgIpc) is 3.63. The fraction of sp³-hybridized carbons (Fsp3) is 0.500.